The van der Waals surface area contributed by atoms with Gasteiger partial charge in [0, 0.05) is 5.69 Å². The van der Waals surface area contributed by atoms with Crippen LogP contribution in [0.15, 0.2) is 59.8 Å². The number of alkyl halides is 3. The van der Waals surface area contributed by atoms with Gasteiger partial charge in [-0.1, -0.05) is 17.7 Å². The van der Waals surface area contributed by atoms with E-state index >= 15 is 0 Å². The molecule has 0 fully saturated rings. The Morgan fingerprint density at radius 3 is 2.43 bits per heavy atom. The summed E-state index contributed by atoms with van der Waals surface area (Å²) in [6.45, 7) is 0. The Hall–Kier alpha value is -2.85. The first-order valence-corrected chi connectivity index (χ1v) is 10.4. The van der Waals surface area contributed by atoms with Crippen molar-refractivity contribution in [1.82, 2.24) is 9.55 Å². The van der Waals surface area contributed by atoms with Gasteiger partial charge in [0.1, 0.15) is 28.7 Å². The second-order valence-electron chi connectivity index (χ2n) is 6.16. The van der Waals surface area contributed by atoms with Gasteiger partial charge in [-0.25, -0.2) is 13.4 Å². The highest BCUT2D eigenvalue weighted by Gasteiger charge is 2.30. The third-order valence-corrected chi connectivity index (χ3v) is 6.14. The molecule has 2 aromatic carbocycles. The zero-order valence-corrected chi connectivity index (χ0v) is 16.9. The zero-order valence-electron chi connectivity index (χ0n) is 15.4. The van der Waals surface area contributed by atoms with Crippen LogP contribution in [0.1, 0.15) is 16.1 Å². The number of nitrogens with zero attached hydrogens (tertiary/aromatic N) is 2. The van der Waals surface area contributed by atoms with Gasteiger partial charge in [0.25, 0.3) is 0 Å². The molecule has 0 unspecified atom stereocenters. The van der Waals surface area contributed by atoms with E-state index in [1.54, 1.807) is 6.07 Å². The number of hydrogen-bond acceptors (Lipinski definition) is 5. The summed E-state index contributed by atoms with van der Waals surface area (Å²) in [6, 6.07) is 9.70. The van der Waals surface area contributed by atoms with Crippen molar-refractivity contribution in [2.24, 2.45) is 0 Å². The van der Waals surface area contributed by atoms with Gasteiger partial charge in [-0.2, -0.15) is 13.2 Å². The molecule has 1 heterocycles. The summed E-state index contributed by atoms with van der Waals surface area (Å²) in [6.07, 6.45) is -3.36. The molecule has 0 saturated heterocycles. The first-order chi connectivity index (χ1) is 14.0. The van der Waals surface area contributed by atoms with Crippen LogP contribution in [0.5, 0.6) is 5.75 Å². The van der Waals surface area contributed by atoms with Crippen molar-refractivity contribution in [3.8, 4) is 11.4 Å². The highest BCUT2D eigenvalue weighted by atomic mass is 35.5. The lowest BCUT2D eigenvalue weighted by molar-refractivity contribution is -0.137. The third-order valence-electron chi connectivity index (χ3n) is 4.17. The van der Waals surface area contributed by atoms with Crippen molar-refractivity contribution in [2.75, 3.05) is 12.9 Å². The van der Waals surface area contributed by atoms with Crippen LogP contribution in [-0.2, 0) is 16.0 Å². The molecule has 30 heavy (non-hydrogen) atoms. The molecule has 0 aliphatic rings. The smallest absolute Gasteiger partial charge is 0.416 e. The van der Waals surface area contributed by atoms with E-state index in [4.69, 9.17) is 16.3 Å². The Bertz CT molecular complexity index is 1190. The molecule has 0 spiro atoms. The van der Waals surface area contributed by atoms with Crippen molar-refractivity contribution in [3.05, 3.63) is 71.3 Å². The van der Waals surface area contributed by atoms with E-state index in [1.165, 1.54) is 29.9 Å². The Kier molecular flexibility index (Phi) is 5.91. The minimum atomic E-state index is -4.49. The normalized spacial score (nSPS) is 12.0. The molecule has 1 aromatic heterocycles. The molecule has 6 nitrogen and oxygen atoms in total. The van der Waals surface area contributed by atoms with E-state index in [1.807, 2.05) is 0 Å². The van der Waals surface area contributed by atoms with Crippen LogP contribution in [0.25, 0.3) is 5.69 Å². The Balaban J connectivity index is 1.85. The number of halogens is 4. The number of ether oxygens (including phenoxy) is 1. The summed E-state index contributed by atoms with van der Waals surface area (Å²) in [5, 5.41) is -0.208. The molecule has 158 valence electrons. The van der Waals surface area contributed by atoms with Crippen molar-refractivity contribution in [3.63, 3.8) is 0 Å². The summed E-state index contributed by atoms with van der Waals surface area (Å²) in [7, 11) is -2.62. The Morgan fingerprint density at radius 2 is 1.83 bits per heavy atom. The minimum absolute atomic E-state index is 0.103. The predicted octanol–water partition coefficient (Wildman–Crippen LogP) is 4.21. The topological polar surface area (TPSA) is 78.3 Å². The summed E-state index contributed by atoms with van der Waals surface area (Å²) in [5.41, 5.74) is -0.915. The fourth-order valence-electron chi connectivity index (χ4n) is 2.63. The molecule has 0 amide bonds. The maximum atomic E-state index is 12.7. The molecule has 3 aromatic rings. The van der Waals surface area contributed by atoms with Crippen LogP contribution in [-0.4, -0.2) is 36.6 Å². The van der Waals surface area contributed by atoms with E-state index in [0.717, 1.165) is 30.6 Å². The molecule has 0 aliphatic heterocycles. The molecule has 0 bridgehead atoms. The number of benzene rings is 2. The largest absolute Gasteiger partial charge is 0.497 e. The van der Waals surface area contributed by atoms with Crippen molar-refractivity contribution >= 4 is 27.2 Å². The van der Waals surface area contributed by atoms with Crippen LogP contribution in [0.2, 0.25) is 5.15 Å². The second kappa shape index (κ2) is 8.11. The predicted molar refractivity (Wildman–Crippen MR) is 103 cm³/mol. The summed E-state index contributed by atoms with van der Waals surface area (Å²) < 4.78 is 69.4. The molecule has 0 N–H and O–H groups in total. The van der Waals surface area contributed by atoms with Crippen LogP contribution in [0, 0.1) is 0 Å². The SMILES string of the molecule is COc1cccc(S(=O)(=O)CC(=O)c2ncn(-c3ccc(C(F)(F)F)cc3)c2Cl)c1. The number of methoxy groups -OCH3 is 1. The van der Waals surface area contributed by atoms with Gasteiger partial charge >= 0.3 is 6.18 Å². The van der Waals surface area contributed by atoms with E-state index in [-0.39, 0.29) is 21.4 Å². The summed E-state index contributed by atoms with van der Waals surface area (Å²) in [4.78, 5) is 16.3. The lowest BCUT2D eigenvalue weighted by Gasteiger charge is -2.09. The lowest BCUT2D eigenvalue weighted by atomic mass is 10.2. The quantitative estimate of drug-likeness (QED) is 0.517. The van der Waals surface area contributed by atoms with Gasteiger partial charge in [0.05, 0.1) is 17.6 Å². The van der Waals surface area contributed by atoms with Crippen LogP contribution in [0.4, 0.5) is 13.2 Å². The Labute approximate surface area is 174 Å². The average Bonchev–Trinajstić information content (AvgIpc) is 3.08. The minimum Gasteiger partial charge on any atom is -0.497 e. The molecular formula is C19H14ClF3N2O4S. The van der Waals surface area contributed by atoms with E-state index < -0.39 is 33.1 Å². The fourth-order valence-corrected chi connectivity index (χ4v) is 4.16. The van der Waals surface area contributed by atoms with Crippen molar-refractivity contribution in [1.29, 1.82) is 0 Å². The number of imidazole rings is 1. The van der Waals surface area contributed by atoms with Gasteiger partial charge in [0.2, 0.25) is 0 Å². The number of Topliss-reactive ketones (excluding diaryl/α,β-unsaturated/α-hetero) is 1. The zero-order chi connectivity index (χ0) is 22.1. The van der Waals surface area contributed by atoms with E-state index in [2.05, 4.69) is 4.98 Å². The summed E-state index contributed by atoms with van der Waals surface area (Å²) in [5.74, 6) is -1.43. The van der Waals surface area contributed by atoms with Crippen molar-refractivity contribution in [2.45, 2.75) is 11.1 Å². The van der Waals surface area contributed by atoms with Gasteiger partial charge in [-0.15, -0.1) is 0 Å². The van der Waals surface area contributed by atoms with Crippen LogP contribution in [0.3, 0.4) is 0 Å². The first-order valence-electron chi connectivity index (χ1n) is 8.33. The van der Waals surface area contributed by atoms with Gasteiger partial charge in [0.15, 0.2) is 15.6 Å². The van der Waals surface area contributed by atoms with Crippen molar-refractivity contribution < 1.29 is 31.1 Å². The van der Waals surface area contributed by atoms with Gasteiger partial charge in [-0.05, 0) is 42.5 Å². The monoisotopic (exact) mass is 458 g/mol. The molecule has 0 atom stereocenters. The number of carbonyl (C=O) groups is 1. The van der Waals surface area contributed by atoms with Gasteiger partial charge < -0.3 is 4.74 Å². The number of hydrogen-bond donors (Lipinski definition) is 0. The Morgan fingerprint density at radius 1 is 1.17 bits per heavy atom. The maximum absolute atomic E-state index is 12.7. The first kappa shape index (κ1) is 21.8. The molecular weight excluding hydrogens is 445 g/mol. The standard InChI is InChI=1S/C19H14ClF3N2O4S/c1-29-14-3-2-4-15(9-14)30(27,28)10-16(26)17-18(20)25(11-24-17)13-7-5-12(6-8-13)19(21,22)23/h2-9,11H,10H2,1H3. The number of sulfone groups is 1. The van der Waals surface area contributed by atoms with Crippen LogP contribution < -0.4 is 4.74 Å². The fraction of sp³-hybridized carbons (Fsp3) is 0.158. The molecule has 0 aliphatic carbocycles. The molecule has 0 radical (unpaired) electrons. The summed E-state index contributed by atoms with van der Waals surface area (Å²) >= 11 is 6.15. The maximum Gasteiger partial charge on any atom is 0.416 e. The van der Waals surface area contributed by atoms with E-state index in [9.17, 15) is 26.4 Å². The van der Waals surface area contributed by atoms with Gasteiger partial charge in [-0.3, -0.25) is 9.36 Å². The number of ketones is 1. The highest BCUT2D eigenvalue weighted by Crippen LogP contribution is 2.30. The number of rotatable bonds is 6. The van der Waals surface area contributed by atoms with Crippen LogP contribution >= 0.6 is 11.6 Å². The molecule has 0 saturated carbocycles. The lowest BCUT2D eigenvalue weighted by Crippen LogP contribution is -2.17. The molecule has 11 heteroatoms. The molecule has 3 rings (SSSR count). The number of aromatic nitrogens is 2. The third kappa shape index (κ3) is 4.49. The average molecular weight is 459 g/mol. The number of carbonyl (C=O) groups excluding carboxylic acids is 1. The van der Waals surface area contributed by atoms with E-state index in [0.29, 0.717) is 5.75 Å². The second-order valence-corrected chi connectivity index (χ2v) is 8.51. The highest BCUT2D eigenvalue weighted by molar-refractivity contribution is 7.92.